The Morgan fingerprint density at radius 3 is 2.41 bits per heavy atom. The molecule has 194 valence electrons. The topological polar surface area (TPSA) is 125 Å². The number of hydrogen-bond acceptors (Lipinski definition) is 8. The number of imide groups is 1. The Morgan fingerprint density at radius 2 is 1.81 bits per heavy atom. The van der Waals surface area contributed by atoms with Crippen LogP contribution in [0, 0.1) is 0 Å². The Morgan fingerprint density at radius 1 is 1.16 bits per heavy atom. The molecule has 2 amide bonds. The van der Waals surface area contributed by atoms with Crippen molar-refractivity contribution in [2.45, 2.75) is 37.6 Å². The van der Waals surface area contributed by atoms with Crippen molar-refractivity contribution in [3.05, 3.63) is 51.0 Å². The molecule has 9 nitrogen and oxygen atoms in total. The number of carboxylic acid groups (broad SMARTS) is 1. The maximum atomic E-state index is 12.3. The number of aromatic nitrogens is 1. The summed E-state index contributed by atoms with van der Waals surface area (Å²) in [5, 5.41) is 10.7. The highest BCUT2D eigenvalue weighted by atomic mass is 35.5. The average molecular weight is 562 g/mol. The number of halogens is 1. The van der Waals surface area contributed by atoms with E-state index < -0.39 is 21.8 Å². The van der Waals surface area contributed by atoms with Crippen LogP contribution in [0.3, 0.4) is 0 Å². The zero-order valence-corrected chi connectivity index (χ0v) is 22.5. The first-order valence-corrected chi connectivity index (χ1v) is 14.6. The molecule has 2 aromatic heterocycles. The molecule has 0 aliphatic carbocycles. The molecule has 37 heavy (non-hydrogen) atoms. The first-order chi connectivity index (χ1) is 17.5. The van der Waals surface area contributed by atoms with E-state index >= 15 is 0 Å². The van der Waals surface area contributed by atoms with Crippen molar-refractivity contribution < 1.29 is 27.9 Å². The maximum absolute atomic E-state index is 12.3. The van der Waals surface area contributed by atoms with Gasteiger partial charge in [0.1, 0.15) is 10.9 Å². The molecule has 1 aromatic carbocycles. The van der Waals surface area contributed by atoms with Gasteiger partial charge in [-0.1, -0.05) is 35.9 Å². The summed E-state index contributed by atoms with van der Waals surface area (Å²) in [7, 11) is 0.164. The minimum atomic E-state index is -3.21. The number of likely N-dealkylation sites (tertiary alicyclic amines) is 1. The Labute approximate surface area is 222 Å². The molecule has 12 heteroatoms. The molecule has 5 rings (SSSR count). The molecule has 2 aliphatic rings. The second kappa shape index (κ2) is 9.46. The first kappa shape index (κ1) is 25.8. The van der Waals surface area contributed by atoms with Gasteiger partial charge in [0, 0.05) is 28.7 Å². The van der Waals surface area contributed by atoms with Crippen LogP contribution in [0.1, 0.15) is 40.6 Å². The smallest absolute Gasteiger partial charge is 0.325 e. The lowest BCUT2D eigenvalue weighted by Crippen LogP contribution is -2.29. The summed E-state index contributed by atoms with van der Waals surface area (Å²) in [6.07, 6.45) is 0.633. The van der Waals surface area contributed by atoms with Gasteiger partial charge in [-0.15, -0.1) is 11.3 Å². The van der Waals surface area contributed by atoms with Crippen molar-refractivity contribution in [1.29, 1.82) is 0 Å². The number of carbonyl (C=O) groups excluding carboxylic acids is 2. The van der Waals surface area contributed by atoms with Gasteiger partial charge in [-0.3, -0.25) is 24.2 Å². The molecule has 1 saturated heterocycles. The maximum Gasteiger partial charge on any atom is 0.325 e. The van der Waals surface area contributed by atoms with Crippen LogP contribution in [0.2, 0.25) is 5.02 Å². The van der Waals surface area contributed by atoms with Gasteiger partial charge in [0.25, 0.3) is 0 Å². The lowest BCUT2D eigenvalue weighted by Gasteiger charge is -2.21. The molecule has 0 bridgehead atoms. The molecule has 4 heterocycles. The Hall–Kier alpha value is -2.86. The SMILES string of the molecule is CN(C)C(C(=O)O)c1ccc(-c2c(Cl)c(CN3C(=O)CCC3=O)nc3sc4c(c23)CCS(=O)(=O)C4)cc1. The molecule has 0 spiro atoms. The van der Waals surface area contributed by atoms with E-state index in [1.54, 1.807) is 43.3 Å². The standard InChI is InChI=1S/C25H24ClN3O6S2/c1-28(2)23(25(32)33)14-5-3-13(4-6-14)20-21-15-9-10-37(34,35)12-17(15)36-24(21)27-16(22(20)26)11-29-18(30)7-8-19(29)31/h3-6,23H,7-12H2,1-2H3,(H,32,33). The van der Waals surface area contributed by atoms with Gasteiger partial charge in [-0.25, -0.2) is 13.4 Å². The van der Waals surface area contributed by atoms with Gasteiger partial charge in [0.05, 0.1) is 28.8 Å². The predicted octanol–water partition coefficient (Wildman–Crippen LogP) is 3.42. The number of amides is 2. The number of hydrogen-bond donors (Lipinski definition) is 1. The number of carbonyl (C=O) groups is 3. The molecular weight excluding hydrogens is 538 g/mol. The predicted molar refractivity (Wildman–Crippen MR) is 140 cm³/mol. The highest BCUT2D eigenvalue weighted by molar-refractivity contribution is 7.90. The highest BCUT2D eigenvalue weighted by Gasteiger charge is 2.33. The van der Waals surface area contributed by atoms with E-state index in [4.69, 9.17) is 16.6 Å². The van der Waals surface area contributed by atoms with Gasteiger partial charge in [-0.2, -0.15) is 0 Å². The second-order valence-electron chi connectivity index (χ2n) is 9.47. The number of pyridine rings is 1. The largest absolute Gasteiger partial charge is 0.480 e. The summed E-state index contributed by atoms with van der Waals surface area (Å²) >= 11 is 8.21. The fourth-order valence-corrected chi connectivity index (χ4v) is 8.35. The third kappa shape index (κ3) is 4.65. The number of carboxylic acids is 1. The van der Waals surface area contributed by atoms with Crippen LogP contribution in [0.25, 0.3) is 21.3 Å². The number of benzene rings is 1. The van der Waals surface area contributed by atoms with E-state index in [9.17, 15) is 27.9 Å². The van der Waals surface area contributed by atoms with E-state index in [2.05, 4.69) is 0 Å². The normalized spacial score (nSPS) is 18.0. The van der Waals surface area contributed by atoms with Crippen LogP contribution in [0.5, 0.6) is 0 Å². The molecule has 1 N–H and O–H groups in total. The first-order valence-electron chi connectivity index (χ1n) is 11.6. The van der Waals surface area contributed by atoms with Crippen LogP contribution in [-0.2, 0) is 42.9 Å². The van der Waals surface area contributed by atoms with E-state index in [-0.39, 0.29) is 47.7 Å². The Bertz CT molecular complexity index is 1550. The monoisotopic (exact) mass is 561 g/mol. The Balaban J connectivity index is 1.69. The van der Waals surface area contributed by atoms with E-state index in [0.717, 1.165) is 15.8 Å². The van der Waals surface area contributed by atoms with Crippen molar-refractivity contribution in [3.63, 3.8) is 0 Å². The quantitative estimate of drug-likeness (QED) is 0.454. The molecule has 3 aromatic rings. The van der Waals surface area contributed by atoms with Gasteiger partial charge >= 0.3 is 5.97 Å². The minimum Gasteiger partial charge on any atom is -0.480 e. The summed E-state index contributed by atoms with van der Waals surface area (Å²) in [5.41, 5.74) is 3.18. The fourth-order valence-electron chi connectivity index (χ4n) is 4.99. The van der Waals surface area contributed by atoms with Crippen LogP contribution in [-0.4, -0.2) is 65.9 Å². The van der Waals surface area contributed by atoms with Crippen LogP contribution >= 0.6 is 22.9 Å². The van der Waals surface area contributed by atoms with Crippen molar-refractivity contribution in [3.8, 4) is 11.1 Å². The average Bonchev–Trinajstić information content (AvgIpc) is 3.32. The number of rotatable bonds is 6. The molecule has 0 saturated carbocycles. The Kier molecular flexibility index (Phi) is 6.59. The lowest BCUT2D eigenvalue weighted by molar-refractivity contribution is -0.142. The number of sulfone groups is 1. The lowest BCUT2D eigenvalue weighted by atomic mass is 9.95. The number of aliphatic carboxylic acids is 1. The molecular formula is C25H24ClN3O6S2. The minimum absolute atomic E-state index is 0.0312. The molecule has 2 aliphatic heterocycles. The number of fused-ring (bicyclic) bond motifs is 3. The number of nitrogens with zero attached hydrogens (tertiary/aromatic N) is 3. The number of thiophene rings is 1. The third-order valence-corrected chi connectivity index (χ3v) is 10.0. The van der Waals surface area contributed by atoms with Gasteiger partial charge < -0.3 is 5.11 Å². The van der Waals surface area contributed by atoms with Crippen molar-refractivity contribution >= 4 is 60.8 Å². The molecule has 1 fully saturated rings. The fraction of sp³-hybridized carbons (Fsp3) is 0.360. The number of aryl methyl sites for hydroxylation is 1. The summed E-state index contributed by atoms with van der Waals surface area (Å²) in [5.74, 6) is -1.58. The summed E-state index contributed by atoms with van der Waals surface area (Å²) in [6, 6.07) is 6.20. The summed E-state index contributed by atoms with van der Waals surface area (Å²) in [6.45, 7) is -0.0693. The third-order valence-electron chi connectivity index (χ3n) is 6.77. The van der Waals surface area contributed by atoms with Crippen LogP contribution < -0.4 is 0 Å². The van der Waals surface area contributed by atoms with E-state index in [1.165, 1.54) is 11.3 Å². The van der Waals surface area contributed by atoms with Crippen molar-refractivity contribution in [1.82, 2.24) is 14.8 Å². The second-order valence-corrected chi connectivity index (χ2v) is 13.1. The zero-order chi connectivity index (χ0) is 26.6. The van der Waals surface area contributed by atoms with E-state index in [0.29, 0.717) is 38.5 Å². The zero-order valence-electron chi connectivity index (χ0n) is 20.2. The van der Waals surface area contributed by atoms with Gasteiger partial charge in [0.15, 0.2) is 9.84 Å². The van der Waals surface area contributed by atoms with Gasteiger partial charge in [0.2, 0.25) is 11.8 Å². The highest BCUT2D eigenvalue weighted by Crippen LogP contribution is 2.45. The van der Waals surface area contributed by atoms with Crippen molar-refractivity contribution in [2.75, 3.05) is 19.8 Å². The van der Waals surface area contributed by atoms with Crippen molar-refractivity contribution in [2.24, 2.45) is 0 Å². The van der Waals surface area contributed by atoms with Gasteiger partial charge in [-0.05, 0) is 37.2 Å². The van der Waals surface area contributed by atoms with E-state index in [1.807, 2.05) is 0 Å². The van der Waals surface area contributed by atoms with Crippen LogP contribution in [0.15, 0.2) is 24.3 Å². The molecule has 0 radical (unpaired) electrons. The molecule has 1 atom stereocenters. The van der Waals surface area contributed by atoms with Crippen LogP contribution in [0.4, 0.5) is 0 Å². The number of likely N-dealkylation sites (N-methyl/N-ethyl adjacent to an activating group) is 1. The summed E-state index contributed by atoms with van der Waals surface area (Å²) in [4.78, 5) is 45.1. The molecule has 1 unspecified atom stereocenters. The summed E-state index contributed by atoms with van der Waals surface area (Å²) < 4.78 is 24.6.